The molecule has 0 aliphatic carbocycles. The van der Waals surface area contributed by atoms with Crippen LogP contribution >= 0.6 is 0 Å². The number of likely N-dealkylation sites (tertiary alicyclic amines) is 1. The van der Waals surface area contributed by atoms with Crippen molar-refractivity contribution in [2.45, 2.75) is 84.2 Å². The Balaban J connectivity index is 1.45. The van der Waals surface area contributed by atoms with Gasteiger partial charge in [0, 0.05) is 43.7 Å². The van der Waals surface area contributed by atoms with Crippen molar-refractivity contribution in [1.29, 1.82) is 0 Å². The van der Waals surface area contributed by atoms with Gasteiger partial charge in [0.2, 0.25) is 0 Å². The summed E-state index contributed by atoms with van der Waals surface area (Å²) in [5.74, 6) is -0.512. The molecule has 7 nitrogen and oxygen atoms in total. The Bertz CT molecular complexity index is 1190. The molecule has 9 heteroatoms. The number of nitrogens with one attached hydrogen (secondary N) is 1. The molecule has 1 saturated heterocycles. The molecule has 38 heavy (non-hydrogen) atoms. The van der Waals surface area contributed by atoms with Crippen molar-refractivity contribution >= 4 is 12.1 Å². The number of nitrogens with zero attached hydrogens (tertiary/aromatic N) is 2. The molecule has 206 valence electrons. The Morgan fingerprint density at radius 3 is 2.50 bits per heavy atom. The fourth-order valence-electron chi connectivity index (χ4n) is 4.94. The van der Waals surface area contributed by atoms with E-state index in [9.17, 15) is 18.4 Å². The van der Waals surface area contributed by atoms with E-state index in [1.165, 1.54) is 12.1 Å². The molecular formula is C29H37F2N3O4. The van der Waals surface area contributed by atoms with Crippen LogP contribution in [0.25, 0.3) is 0 Å². The van der Waals surface area contributed by atoms with Crippen LogP contribution in [0.2, 0.25) is 0 Å². The van der Waals surface area contributed by atoms with Crippen molar-refractivity contribution in [3.05, 3.63) is 64.7 Å². The maximum absolute atomic E-state index is 14.5. The number of halogens is 2. The third kappa shape index (κ3) is 6.94. The summed E-state index contributed by atoms with van der Waals surface area (Å²) in [6, 6.07) is 8.68. The summed E-state index contributed by atoms with van der Waals surface area (Å²) in [6.07, 6.45) is 1.43. The second kappa shape index (κ2) is 10.8. The molecule has 3 amide bonds. The van der Waals surface area contributed by atoms with Crippen LogP contribution in [0.3, 0.4) is 0 Å². The molecule has 0 bridgehead atoms. The minimum absolute atomic E-state index is 0.0126. The smallest absolute Gasteiger partial charge is 0.410 e. The molecule has 0 unspecified atom stereocenters. The number of piperidine rings is 1. The number of carbonyl (C=O) groups is 2. The molecule has 2 aromatic rings. The van der Waals surface area contributed by atoms with E-state index in [4.69, 9.17) is 9.47 Å². The van der Waals surface area contributed by atoms with Gasteiger partial charge in [-0.15, -0.1) is 0 Å². The van der Waals surface area contributed by atoms with Crippen LogP contribution in [-0.2, 0) is 24.2 Å². The van der Waals surface area contributed by atoms with Gasteiger partial charge in [0.1, 0.15) is 28.6 Å². The average molecular weight is 530 g/mol. The van der Waals surface area contributed by atoms with Crippen molar-refractivity contribution < 1.29 is 27.8 Å². The summed E-state index contributed by atoms with van der Waals surface area (Å²) in [4.78, 5) is 29.1. The zero-order chi connectivity index (χ0) is 27.7. The van der Waals surface area contributed by atoms with Crippen LogP contribution in [0.15, 0.2) is 36.4 Å². The average Bonchev–Trinajstić information content (AvgIpc) is 3.14. The van der Waals surface area contributed by atoms with Crippen molar-refractivity contribution in [2.75, 3.05) is 13.1 Å². The molecule has 0 saturated carbocycles. The van der Waals surface area contributed by atoms with E-state index in [0.29, 0.717) is 32.5 Å². The lowest BCUT2D eigenvalue weighted by molar-refractivity contribution is 0.0160. The number of fused-ring (bicyclic) bond motifs is 1. The summed E-state index contributed by atoms with van der Waals surface area (Å²) in [7, 11) is 0. The third-order valence-corrected chi connectivity index (χ3v) is 6.74. The van der Waals surface area contributed by atoms with Gasteiger partial charge in [0.15, 0.2) is 0 Å². The quantitative estimate of drug-likeness (QED) is 0.532. The highest BCUT2D eigenvalue weighted by Crippen LogP contribution is 2.35. The predicted molar refractivity (Wildman–Crippen MR) is 140 cm³/mol. The number of hydrogen-bond donors (Lipinski definition) is 1. The first-order valence-electron chi connectivity index (χ1n) is 13.1. The SMILES string of the molecule is CC(C)(C)OC(=O)N1CCC(N(Cc2ccc(F)cc2F)C(=O)NCc2ccc3c(c2)CC(C)(C)O3)CC1. The van der Waals surface area contributed by atoms with Gasteiger partial charge in [-0.25, -0.2) is 18.4 Å². The lowest BCUT2D eigenvalue weighted by Crippen LogP contribution is -2.51. The first kappa shape index (κ1) is 27.7. The fraction of sp³-hybridized carbons (Fsp3) is 0.517. The highest BCUT2D eigenvalue weighted by atomic mass is 19.1. The first-order chi connectivity index (χ1) is 17.8. The predicted octanol–water partition coefficient (Wildman–Crippen LogP) is 5.79. The highest BCUT2D eigenvalue weighted by molar-refractivity contribution is 5.75. The molecule has 0 spiro atoms. The zero-order valence-electron chi connectivity index (χ0n) is 22.8. The molecule has 2 heterocycles. The first-order valence-corrected chi connectivity index (χ1v) is 13.1. The Morgan fingerprint density at radius 1 is 1.13 bits per heavy atom. The van der Waals surface area contributed by atoms with E-state index >= 15 is 0 Å². The van der Waals surface area contributed by atoms with Crippen LogP contribution in [-0.4, -0.2) is 52.3 Å². The number of rotatable bonds is 5. The maximum atomic E-state index is 14.5. The normalized spacial score (nSPS) is 17.0. The lowest BCUT2D eigenvalue weighted by Gasteiger charge is -2.39. The monoisotopic (exact) mass is 529 g/mol. The molecule has 2 aromatic carbocycles. The van der Waals surface area contributed by atoms with Crippen LogP contribution in [0, 0.1) is 11.6 Å². The number of hydrogen-bond acceptors (Lipinski definition) is 4. The van der Waals surface area contributed by atoms with E-state index in [-0.39, 0.29) is 35.9 Å². The van der Waals surface area contributed by atoms with Crippen molar-refractivity contribution in [3.8, 4) is 5.75 Å². The van der Waals surface area contributed by atoms with Crippen molar-refractivity contribution in [3.63, 3.8) is 0 Å². The van der Waals surface area contributed by atoms with Crippen LogP contribution < -0.4 is 10.1 Å². The van der Waals surface area contributed by atoms with E-state index in [1.807, 2.05) is 52.8 Å². The van der Waals surface area contributed by atoms with E-state index < -0.39 is 17.2 Å². The van der Waals surface area contributed by atoms with E-state index in [1.54, 1.807) is 9.80 Å². The third-order valence-electron chi connectivity index (χ3n) is 6.74. The van der Waals surface area contributed by atoms with E-state index in [0.717, 1.165) is 29.4 Å². The van der Waals surface area contributed by atoms with Crippen molar-refractivity contribution in [2.24, 2.45) is 0 Å². The molecule has 0 radical (unpaired) electrons. The number of benzene rings is 2. The van der Waals surface area contributed by atoms with Crippen molar-refractivity contribution in [1.82, 2.24) is 15.1 Å². The molecule has 2 aliphatic rings. The van der Waals surface area contributed by atoms with Gasteiger partial charge >= 0.3 is 12.1 Å². The Morgan fingerprint density at radius 2 is 1.84 bits per heavy atom. The molecule has 0 aromatic heterocycles. The minimum Gasteiger partial charge on any atom is -0.487 e. The Kier molecular flexibility index (Phi) is 7.85. The molecule has 1 fully saturated rings. The fourth-order valence-corrected chi connectivity index (χ4v) is 4.94. The highest BCUT2D eigenvalue weighted by Gasteiger charge is 2.33. The second-order valence-corrected chi connectivity index (χ2v) is 11.7. The second-order valence-electron chi connectivity index (χ2n) is 11.7. The summed E-state index contributed by atoms with van der Waals surface area (Å²) in [5.41, 5.74) is 1.41. The van der Waals surface area contributed by atoms with Gasteiger partial charge in [-0.05, 0) is 70.7 Å². The summed E-state index contributed by atoms with van der Waals surface area (Å²) < 4.78 is 39.4. The van der Waals surface area contributed by atoms with Gasteiger partial charge < -0.3 is 24.6 Å². The van der Waals surface area contributed by atoms with Crippen LogP contribution in [0.5, 0.6) is 5.75 Å². The topological polar surface area (TPSA) is 71.1 Å². The molecular weight excluding hydrogens is 492 g/mol. The van der Waals surface area contributed by atoms with Crippen LogP contribution in [0.4, 0.5) is 18.4 Å². The molecule has 4 rings (SSSR count). The largest absolute Gasteiger partial charge is 0.487 e. The van der Waals surface area contributed by atoms with Gasteiger partial charge in [-0.1, -0.05) is 18.2 Å². The molecule has 0 atom stereocenters. The van der Waals surface area contributed by atoms with E-state index in [2.05, 4.69) is 5.32 Å². The summed E-state index contributed by atoms with van der Waals surface area (Å²) >= 11 is 0. The van der Waals surface area contributed by atoms with Crippen LogP contribution in [0.1, 0.15) is 64.2 Å². The minimum atomic E-state index is -0.699. The molecule has 1 N–H and O–H groups in total. The van der Waals surface area contributed by atoms with Gasteiger partial charge in [-0.2, -0.15) is 0 Å². The maximum Gasteiger partial charge on any atom is 0.410 e. The Labute approximate surface area is 223 Å². The summed E-state index contributed by atoms with van der Waals surface area (Å²) in [5, 5.41) is 2.97. The number of carbonyl (C=O) groups excluding carboxylic acids is 2. The number of urea groups is 1. The van der Waals surface area contributed by atoms with Gasteiger partial charge in [0.25, 0.3) is 0 Å². The number of ether oxygens (including phenoxy) is 2. The molecule has 2 aliphatic heterocycles. The lowest BCUT2D eigenvalue weighted by atomic mass is 10.0. The Hall–Kier alpha value is -3.36. The standard InChI is InChI=1S/C29H37F2N3O4/c1-28(2,3)38-27(36)33-12-10-23(11-13-33)34(18-20-7-8-22(30)15-24(20)31)26(35)32-17-19-6-9-25-21(14-19)16-29(4,5)37-25/h6-9,14-15,23H,10-13,16-18H2,1-5H3,(H,32,35). The van der Waals surface area contributed by atoms with Gasteiger partial charge in [-0.3, -0.25) is 0 Å². The zero-order valence-corrected chi connectivity index (χ0v) is 22.8. The van der Waals surface area contributed by atoms with Gasteiger partial charge in [0.05, 0.1) is 6.54 Å². The summed E-state index contributed by atoms with van der Waals surface area (Å²) in [6.45, 7) is 10.6. The number of amides is 3.